The summed E-state index contributed by atoms with van der Waals surface area (Å²) in [5.74, 6) is -3.91. The number of Topliss-reactive ketones (excluding diaryl/α,β-unsaturated/α-hetero) is 1. The monoisotopic (exact) mass is 570 g/mol. The molecule has 43 heavy (non-hydrogen) atoms. The standard InChI is InChI=1S/C35H26N2O6/c1-19(38)20-14-16-21(17-15-20)36-28(39)18-43-35(42)26-12-6-7-13-27(26)37-33(40)31-29-22-8-2-3-9-23(22)30(32(31)34(37)41)25-11-5-4-10-24(25)29/h2-17,29-32H,18H2,1H3,(H,36,39)/t29?,30?,31-,32-/m0/s1. The Morgan fingerprint density at radius 3 is 1.70 bits per heavy atom. The highest BCUT2D eigenvalue weighted by Crippen LogP contribution is 2.61. The number of imide groups is 1. The van der Waals surface area contributed by atoms with Crippen molar-refractivity contribution in [3.05, 3.63) is 130 Å². The minimum absolute atomic E-state index is 0.0174. The van der Waals surface area contributed by atoms with E-state index in [0.717, 1.165) is 27.2 Å². The molecular formula is C35H26N2O6. The molecule has 3 aliphatic carbocycles. The Labute approximate surface area is 247 Å². The van der Waals surface area contributed by atoms with Gasteiger partial charge in [-0.05, 0) is 65.6 Å². The van der Waals surface area contributed by atoms with Gasteiger partial charge < -0.3 is 10.1 Å². The molecule has 0 radical (unpaired) electrons. The van der Waals surface area contributed by atoms with Crippen LogP contribution in [0.4, 0.5) is 11.4 Å². The molecule has 4 aromatic rings. The first-order chi connectivity index (χ1) is 20.8. The lowest BCUT2D eigenvalue weighted by Crippen LogP contribution is -2.41. The Hall–Kier alpha value is -5.37. The third-order valence-electron chi connectivity index (χ3n) is 8.72. The molecule has 0 spiro atoms. The third-order valence-corrected chi connectivity index (χ3v) is 8.72. The molecule has 3 amide bonds. The largest absolute Gasteiger partial charge is 0.452 e. The van der Waals surface area contributed by atoms with Crippen molar-refractivity contribution in [2.45, 2.75) is 18.8 Å². The van der Waals surface area contributed by atoms with Gasteiger partial charge in [-0.15, -0.1) is 0 Å². The SMILES string of the molecule is CC(=O)c1ccc(NC(=O)COC(=O)c2ccccc2N2C(=O)[C@H]3C4c5ccccc5C(c5ccccc54)[C@@H]3C2=O)cc1. The van der Waals surface area contributed by atoms with Crippen LogP contribution in [0.1, 0.15) is 61.7 Å². The van der Waals surface area contributed by atoms with Crippen molar-refractivity contribution < 1.29 is 28.7 Å². The number of anilines is 2. The van der Waals surface area contributed by atoms with E-state index >= 15 is 0 Å². The maximum absolute atomic E-state index is 14.1. The van der Waals surface area contributed by atoms with Gasteiger partial charge in [0, 0.05) is 23.1 Å². The maximum Gasteiger partial charge on any atom is 0.340 e. The molecule has 1 saturated heterocycles. The number of rotatable bonds is 6. The fraction of sp³-hybridized carbons (Fsp3) is 0.171. The number of carbonyl (C=O) groups is 5. The highest BCUT2D eigenvalue weighted by atomic mass is 16.5. The van der Waals surface area contributed by atoms with Crippen molar-refractivity contribution >= 4 is 40.8 Å². The molecule has 8 rings (SSSR count). The van der Waals surface area contributed by atoms with Crippen molar-refractivity contribution in [3.63, 3.8) is 0 Å². The van der Waals surface area contributed by atoms with Crippen molar-refractivity contribution in [2.75, 3.05) is 16.8 Å². The van der Waals surface area contributed by atoms with Crippen LogP contribution in [0, 0.1) is 11.8 Å². The first-order valence-electron chi connectivity index (χ1n) is 14.1. The minimum atomic E-state index is -0.831. The van der Waals surface area contributed by atoms with Gasteiger partial charge in [0.2, 0.25) is 11.8 Å². The van der Waals surface area contributed by atoms with E-state index in [1.807, 2.05) is 48.5 Å². The number of para-hydroxylation sites is 1. The molecule has 8 nitrogen and oxygen atoms in total. The summed E-state index contributed by atoms with van der Waals surface area (Å²) < 4.78 is 5.32. The van der Waals surface area contributed by atoms with Crippen molar-refractivity contribution in [1.29, 1.82) is 0 Å². The molecule has 1 heterocycles. The first-order valence-corrected chi connectivity index (χ1v) is 14.1. The molecule has 1 fully saturated rings. The van der Waals surface area contributed by atoms with Gasteiger partial charge in [-0.25, -0.2) is 9.69 Å². The summed E-state index contributed by atoms with van der Waals surface area (Å²) in [6.45, 7) is 0.869. The van der Waals surface area contributed by atoms with Crippen molar-refractivity contribution in [2.24, 2.45) is 11.8 Å². The lowest BCUT2D eigenvalue weighted by Gasteiger charge is -2.45. The predicted octanol–water partition coefficient (Wildman–Crippen LogP) is 5.08. The summed E-state index contributed by atoms with van der Waals surface area (Å²) >= 11 is 0. The smallest absolute Gasteiger partial charge is 0.340 e. The van der Waals surface area contributed by atoms with Crippen LogP contribution in [-0.2, 0) is 19.1 Å². The minimum Gasteiger partial charge on any atom is -0.452 e. The van der Waals surface area contributed by atoms with Crippen LogP contribution in [-0.4, -0.2) is 36.1 Å². The highest BCUT2D eigenvalue weighted by Gasteiger charge is 2.62. The number of hydrogen-bond donors (Lipinski definition) is 1. The van der Waals surface area contributed by atoms with Gasteiger partial charge in [0.15, 0.2) is 12.4 Å². The Morgan fingerprint density at radius 1 is 0.698 bits per heavy atom. The van der Waals surface area contributed by atoms with E-state index in [0.29, 0.717) is 11.3 Å². The fourth-order valence-corrected chi connectivity index (χ4v) is 6.95. The van der Waals surface area contributed by atoms with Crippen LogP contribution in [0.5, 0.6) is 0 Å². The van der Waals surface area contributed by atoms with Crippen LogP contribution in [0.15, 0.2) is 97.1 Å². The lowest BCUT2D eigenvalue weighted by molar-refractivity contribution is -0.122. The van der Waals surface area contributed by atoms with E-state index < -0.39 is 30.3 Å². The second kappa shape index (κ2) is 10.2. The molecule has 0 aromatic heterocycles. The van der Waals surface area contributed by atoms with Crippen LogP contribution < -0.4 is 10.2 Å². The van der Waals surface area contributed by atoms with Crippen LogP contribution >= 0.6 is 0 Å². The molecule has 2 bridgehead atoms. The summed E-state index contributed by atoms with van der Waals surface area (Å²) in [6, 6.07) is 28.6. The molecule has 8 heteroatoms. The van der Waals surface area contributed by atoms with Gasteiger partial charge in [-0.2, -0.15) is 0 Å². The Balaban J connectivity index is 1.14. The Kier molecular flexibility index (Phi) is 6.27. The second-order valence-electron chi connectivity index (χ2n) is 11.1. The van der Waals surface area contributed by atoms with Gasteiger partial charge in [0.1, 0.15) is 0 Å². The van der Waals surface area contributed by atoms with E-state index in [2.05, 4.69) is 5.32 Å². The number of benzene rings is 4. The summed E-state index contributed by atoms with van der Waals surface area (Å²) in [5, 5.41) is 2.62. The average molecular weight is 571 g/mol. The molecule has 4 aliphatic rings. The summed E-state index contributed by atoms with van der Waals surface area (Å²) in [4.78, 5) is 66.6. The highest BCUT2D eigenvalue weighted by molar-refractivity contribution is 6.25. The predicted molar refractivity (Wildman–Crippen MR) is 158 cm³/mol. The quantitative estimate of drug-likeness (QED) is 0.197. The van der Waals surface area contributed by atoms with Crippen LogP contribution in [0.25, 0.3) is 0 Å². The Morgan fingerprint density at radius 2 is 1.19 bits per heavy atom. The number of ketones is 1. The van der Waals surface area contributed by atoms with Gasteiger partial charge in [0.05, 0.1) is 23.1 Å². The van der Waals surface area contributed by atoms with Gasteiger partial charge >= 0.3 is 5.97 Å². The van der Waals surface area contributed by atoms with E-state index in [1.54, 1.807) is 42.5 Å². The second-order valence-corrected chi connectivity index (χ2v) is 11.1. The zero-order valence-electron chi connectivity index (χ0n) is 23.2. The zero-order chi connectivity index (χ0) is 29.8. The molecule has 2 atom stereocenters. The summed E-state index contributed by atoms with van der Waals surface area (Å²) in [6.07, 6.45) is 0. The number of nitrogens with one attached hydrogen (secondary N) is 1. The number of ether oxygens (including phenoxy) is 1. The zero-order valence-corrected chi connectivity index (χ0v) is 23.2. The van der Waals surface area contributed by atoms with E-state index in [9.17, 15) is 24.0 Å². The average Bonchev–Trinajstić information content (AvgIpc) is 3.30. The molecule has 1 N–H and O–H groups in total. The molecule has 0 saturated carbocycles. The third kappa shape index (κ3) is 4.17. The lowest BCUT2D eigenvalue weighted by atomic mass is 9.55. The van der Waals surface area contributed by atoms with E-state index in [1.165, 1.54) is 13.0 Å². The molecule has 4 aromatic carbocycles. The topological polar surface area (TPSA) is 110 Å². The van der Waals surface area contributed by atoms with Crippen LogP contribution in [0.2, 0.25) is 0 Å². The summed E-state index contributed by atoms with van der Waals surface area (Å²) in [5.41, 5.74) is 5.35. The number of carbonyl (C=O) groups excluding carboxylic acids is 5. The molecule has 0 unspecified atom stereocenters. The number of esters is 1. The van der Waals surface area contributed by atoms with Gasteiger partial charge in [0.25, 0.3) is 5.91 Å². The maximum atomic E-state index is 14.1. The van der Waals surface area contributed by atoms with Crippen LogP contribution in [0.3, 0.4) is 0 Å². The van der Waals surface area contributed by atoms with E-state index in [4.69, 9.17) is 4.74 Å². The molecular weight excluding hydrogens is 544 g/mol. The summed E-state index contributed by atoms with van der Waals surface area (Å²) in [7, 11) is 0. The van der Waals surface area contributed by atoms with Crippen molar-refractivity contribution in [3.8, 4) is 0 Å². The molecule has 212 valence electrons. The normalized spacial score (nSPS) is 21.1. The molecule has 1 aliphatic heterocycles. The number of nitrogens with zero attached hydrogens (tertiary/aromatic N) is 1. The Bertz CT molecular complexity index is 1730. The first kappa shape index (κ1) is 26.5. The van der Waals surface area contributed by atoms with Crippen molar-refractivity contribution in [1.82, 2.24) is 0 Å². The number of amides is 3. The van der Waals surface area contributed by atoms with Gasteiger partial charge in [-0.3, -0.25) is 19.2 Å². The van der Waals surface area contributed by atoms with E-state index in [-0.39, 0.29) is 40.7 Å². The number of hydrogen-bond acceptors (Lipinski definition) is 6. The fourth-order valence-electron chi connectivity index (χ4n) is 6.95. The van der Waals surface area contributed by atoms with Gasteiger partial charge in [-0.1, -0.05) is 60.7 Å².